The highest BCUT2D eigenvalue weighted by molar-refractivity contribution is 4.80. The Kier molecular flexibility index (Phi) is 3.55. The highest BCUT2D eigenvalue weighted by atomic mass is 19.4. The minimum Gasteiger partial charge on any atom is -0.391 e. The van der Waals surface area contributed by atoms with Crippen molar-refractivity contribution in [2.45, 2.75) is 31.5 Å². The van der Waals surface area contributed by atoms with Crippen molar-refractivity contribution in [3.8, 4) is 0 Å². The van der Waals surface area contributed by atoms with E-state index in [-0.39, 0.29) is 12.3 Å². The number of aliphatic hydroxyl groups is 1. The van der Waals surface area contributed by atoms with E-state index in [2.05, 4.69) is 5.32 Å². The molecule has 5 heteroatoms. The van der Waals surface area contributed by atoms with Crippen LogP contribution >= 0.6 is 0 Å². The Hall–Kier alpha value is -0.290. The maximum Gasteiger partial charge on any atom is 0.389 e. The summed E-state index contributed by atoms with van der Waals surface area (Å²) in [5, 5.41) is 12.2. The number of halogens is 3. The fourth-order valence-corrected chi connectivity index (χ4v) is 1.58. The van der Waals surface area contributed by atoms with Gasteiger partial charge >= 0.3 is 6.18 Å². The number of nitrogens with one attached hydrogen (secondary N) is 1. The lowest BCUT2D eigenvalue weighted by molar-refractivity contribution is -0.136. The molecule has 1 rings (SSSR count). The van der Waals surface area contributed by atoms with E-state index >= 15 is 0 Å². The van der Waals surface area contributed by atoms with Crippen molar-refractivity contribution in [1.82, 2.24) is 5.32 Å². The van der Waals surface area contributed by atoms with Gasteiger partial charge in [-0.2, -0.15) is 13.2 Å². The minimum atomic E-state index is -4.06. The van der Waals surface area contributed by atoms with Gasteiger partial charge in [-0.05, 0) is 18.8 Å². The molecule has 2 atom stereocenters. The van der Waals surface area contributed by atoms with Crippen LogP contribution in [0.25, 0.3) is 0 Å². The first-order chi connectivity index (χ1) is 5.99. The van der Waals surface area contributed by atoms with Gasteiger partial charge < -0.3 is 10.4 Å². The molecule has 1 heterocycles. The van der Waals surface area contributed by atoms with E-state index in [0.717, 1.165) is 0 Å². The van der Waals surface area contributed by atoms with Gasteiger partial charge in [0, 0.05) is 19.5 Å². The Labute approximate surface area is 75.1 Å². The Bertz CT molecular complexity index is 160. The van der Waals surface area contributed by atoms with Crippen molar-refractivity contribution in [2.75, 3.05) is 13.1 Å². The number of rotatable bonds is 3. The van der Waals surface area contributed by atoms with Gasteiger partial charge in [0.25, 0.3) is 0 Å². The lowest BCUT2D eigenvalue weighted by atomic mass is 9.99. The summed E-state index contributed by atoms with van der Waals surface area (Å²) in [6, 6.07) is 0. The average Bonchev–Trinajstić information content (AvgIpc) is 2.34. The van der Waals surface area contributed by atoms with Crippen molar-refractivity contribution in [3.05, 3.63) is 0 Å². The van der Waals surface area contributed by atoms with Crippen molar-refractivity contribution >= 4 is 0 Å². The average molecular weight is 197 g/mol. The zero-order chi connectivity index (χ0) is 9.90. The predicted octanol–water partition coefficient (Wildman–Crippen LogP) is 1.30. The van der Waals surface area contributed by atoms with Gasteiger partial charge in [-0.3, -0.25) is 0 Å². The molecule has 1 fully saturated rings. The van der Waals surface area contributed by atoms with Crippen LogP contribution in [0.1, 0.15) is 19.3 Å². The Morgan fingerprint density at radius 1 is 1.31 bits per heavy atom. The van der Waals surface area contributed by atoms with Gasteiger partial charge in [0.05, 0.1) is 6.10 Å². The fourth-order valence-electron chi connectivity index (χ4n) is 1.58. The zero-order valence-corrected chi connectivity index (χ0v) is 7.27. The zero-order valence-electron chi connectivity index (χ0n) is 7.27. The first-order valence-corrected chi connectivity index (χ1v) is 4.44. The van der Waals surface area contributed by atoms with Crippen LogP contribution in [0.3, 0.4) is 0 Å². The molecule has 0 amide bonds. The molecule has 0 aliphatic carbocycles. The molecule has 1 aliphatic rings. The van der Waals surface area contributed by atoms with Crippen molar-refractivity contribution in [3.63, 3.8) is 0 Å². The maximum atomic E-state index is 11.7. The van der Waals surface area contributed by atoms with E-state index in [4.69, 9.17) is 0 Å². The molecule has 0 unspecified atom stereocenters. The summed E-state index contributed by atoms with van der Waals surface area (Å²) in [6.07, 6.45) is -4.69. The molecule has 1 saturated heterocycles. The molecule has 2 N–H and O–H groups in total. The van der Waals surface area contributed by atoms with Crippen molar-refractivity contribution in [1.29, 1.82) is 0 Å². The van der Waals surface area contributed by atoms with E-state index in [9.17, 15) is 18.3 Å². The summed E-state index contributed by atoms with van der Waals surface area (Å²) in [7, 11) is 0. The van der Waals surface area contributed by atoms with E-state index in [1.165, 1.54) is 0 Å². The fraction of sp³-hybridized carbons (Fsp3) is 1.00. The van der Waals surface area contributed by atoms with E-state index in [0.29, 0.717) is 19.5 Å². The Balaban J connectivity index is 2.12. The third-order valence-electron chi connectivity index (χ3n) is 2.34. The predicted molar refractivity (Wildman–Crippen MR) is 42.3 cm³/mol. The Morgan fingerprint density at radius 3 is 2.46 bits per heavy atom. The first kappa shape index (κ1) is 10.8. The van der Waals surface area contributed by atoms with E-state index in [1.807, 2.05) is 0 Å². The molecule has 1 aliphatic heterocycles. The molecule has 0 aromatic rings. The summed E-state index contributed by atoms with van der Waals surface area (Å²) < 4.78 is 35.2. The molecule has 78 valence electrons. The van der Waals surface area contributed by atoms with Gasteiger partial charge in [-0.25, -0.2) is 0 Å². The summed E-state index contributed by atoms with van der Waals surface area (Å²) in [5.41, 5.74) is 0. The smallest absolute Gasteiger partial charge is 0.389 e. The molecule has 0 radical (unpaired) electrons. The second kappa shape index (κ2) is 4.28. The summed E-state index contributed by atoms with van der Waals surface area (Å²) in [4.78, 5) is 0. The lowest BCUT2D eigenvalue weighted by Crippen LogP contribution is -2.18. The van der Waals surface area contributed by atoms with Crippen LogP contribution in [0.5, 0.6) is 0 Å². The normalized spacial score (nSPS) is 29.5. The van der Waals surface area contributed by atoms with Gasteiger partial charge in [-0.1, -0.05) is 0 Å². The molecule has 0 aromatic carbocycles. The van der Waals surface area contributed by atoms with Gasteiger partial charge in [0.2, 0.25) is 0 Å². The number of β-amino-alcohol motifs (C(OH)–C–C–N with tert-alkyl or cyclic N) is 1. The van der Waals surface area contributed by atoms with Gasteiger partial charge in [0.15, 0.2) is 0 Å². The first-order valence-electron chi connectivity index (χ1n) is 4.44. The molecule has 2 nitrogen and oxygen atoms in total. The van der Waals surface area contributed by atoms with Crippen LogP contribution < -0.4 is 5.32 Å². The van der Waals surface area contributed by atoms with Crippen LogP contribution in [0.15, 0.2) is 0 Å². The van der Waals surface area contributed by atoms with E-state index < -0.39 is 18.7 Å². The SMILES string of the molecule is O[C@@H]1CNC[C@H]1CCCC(F)(F)F. The highest BCUT2D eigenvalue weighted by Crippen LogP contribution is 2.25. The summed E-state index contributed by atoms with van der Waals surface area (Å²) in [6.45, 7) is 1.15. The minimum absolute atomic E-state index is 0.00218. The molecule has 0 spiro atoms. The molecule has 0 aromatic heterocycles. The molecule has 13 heavy (non-hydrogen) atoms. The largest absolute Gasteiger partial charge is 0.391 e. The van der Waals surface area contributed by atoms with E-state index in [1.54, 1.807) is 0 Å². The highest BCUT2D eigenvalue weighted by Gasteiger charge is 2.29. The third-order valence-corrected chi connectivity index (χ3v) is 2.34. The van der Waals surface area contributed by atoms with Crippen LogP contribution in [0.2, 0.25) is 0 Å². The molecular weight excluding hydrogens is 183 g/mol. The topological polar surface area (TPSA) is 32.3 Å². The number of hydrogen-bond donors (Lipinski definition) is 2. The maximum absolute atomic E-state index is 11.7. The molecule has 0 saturated carbocycles. The van der Waals surface area contributed by atoms with Gasteiger partial charge in [-0.15, -0.1) is 0 Å². The van der Waals surface area contributed by atoms with Crippen LogP contribution in [-0.2, 0) is 0 Å². The number of aliphatic hydroxyl groups excluding tert-OH is 1. The summed E-state index contributed by atoms with van der Waals surface area (Å²) >= 11 is 0. The second-order valence-electron chi connectivity index (χ2n) is 3.49. The standard InChI is InChI=1S/C8H14F3NO/c9-8(10,11)3-1-2-6-4-12-5-7(6)13/h6-7,12-13H,1-5H2/t6-,7-/m1/s1. The quantitative estimate of drug-likeness (QED) is 0.714. The number of hydrogen-bond acceptors (Lipinski definition) is 2. The second-order valence-corrected chi connectivity index (χ2v) is 3.49. The summed E-state index contributed by atoms with van der Waals surface area (Å²) in [5.74, 6) is 0.00218. The molecule has 0 bridgehead atoms. The van der Waals surface area contributed by atoms with Crippen LogP contribution in [-0.4, -0.2) is 30.5 Å². The third kappa shape index (κ3) is 3.95. The van der Waals surface area contributed by atoms with Gasteiger partial charge in [0.1, 0.15) is 0 Å². The monoisotopic (exact) mass is 197 g/mol. The van der Waals surface area contributed by atoms with Crippen molar-refractivity contribution < 1.29 is 18.3 Å². The lowest BCUT2D eigenvalue weighted by Gasteiger charge is -2.13. The van der Waals surface area contributed by atoms with Crippen LogP contribution in [0, 0.1) is 5.92 Å². The van der Waals surface area contributed by atoms with Crippen molar-refractivity contribution in [2.24, 2.45) is 5.92 Å². The molecular formula is C8H14F3NO. The Morgan fingerprint density at radius 2 is 2.00 bits per heavy atom. The number of alkyl halides is 3. The van der Waals surface area contributed by atoms with Crippen LogP contribution in [0.4, 0.5) is 13.2 Å².